The predicted molar refractivity (Wildman–Crippen MR) is 84.2 cm³/mol. The summed E-state index contributed by atoms with van der Waals surface area (Å²) in [5.74, 6) is 1.02. The molecule has 0 unspecified atom stereocenters. The van der Waals surface area contributed by atoms with Crippen LogP contribution in [0.5, 0.6) is 5.75 Å². The lowest BCUT2D eigenvalue weighted by molar-refractivity contribution is 0.167. The van der Waals surface area contributed by atoms with E-state index in [1.165, 1.54) is 31.2 Å². The summed E-state index contributed by atoms with van der Waals surface area (Å²) in [5.41, 5.74) is 1.24. The maximum absolute atomic E-state index is 6.00. The first-order valence-corrected chi connectivity index (χ1v) is 7.94. The smallest absolute Gasteiger partial charge is 0.123 e. The third-order valence-corrected chi connectivity index (χ3v) is 4.22. The van der Waals surface area contributed by atoms with Crippen molar-refractivity contribution in [3.8, 4) is 5.75 Å². The second-order valence-corrected chi connectivity index (χ2v) is 5.55. The van der Waals surface area contributed by atoms with Crippen molar-refractivity contribution in [1.82, 2.24) is 10.2 Å². The van der Waals surface area contributed by atoms with Crippen molar-refractivity contribution in [1.29, 1.82) is 0 Å². The van der Waals surface area contributed by atoms with Gasteiger partial charge in [0.15, 0.2) is 0 Å². The summed E-state index contributed by atoms with van der Waals surface area (Å²) >= 11 is 0. The Kier molecular flexibility index (Phi) is 6.34. The number of nitrogens with zero attached hydrogens (tertiary/aromatic N) is 1. The molecular weight excluding hydrogens is 248 g/mol. The van der Waals surface area contributed by atoms with Gasteiger partial charge in [-0.3, -0.25) is 4.90 Å². The summed E-state index contributed by atoms with van der Waals surface area (Å²) < 4.78 is 6.00. The molecular formula is C17H28N2O. The monoisotopic (exact) mass is 276 g/mol. The Morgan fingerprint density at radius 1 is 1.25 bits per heavy atom. The van der Waals surface area contributed by atoms with E-state index in [0.717, 1.165) is 38.0 Å². The van der Waals surface area contributed by atoms with E-state index < -0.39 is 0 Å². The lowest BCUT2D eigenvalue weighted by Gasteiger charge is -2.27. The topological polar surface area (TPSA) is 24.5 Å². The Morgan fingerprint density at radius 2 is 2.00 bits per heavy atom. The molecule has 112 valence electrons. The maximum Gasteiger partial charge on any atom is 0.123 e. The second kappa shape index (κ2) is 8.28. The van der Waals surface area contributed by atoms with Crippen LogP contribution in [-0.4, -0.2) is 37.7 Å². The molecule has 0 aliphatic heterocycles. The van der Waals surface area contributed by atoms with E-state index in [1.54, 1.807) is 0 Å². The van der Waals surface area contributed by atoms with E-state index in [2.05, 4.69) is 35.3 Å². The van der Waals surface area contributed by atoms with Crippen LogP contribution in [0.2, 0.25) is 0 Å². The van der Waals surface area contributed by atoms with Crippen LogP contribution in [-0.2, 0) is 6.54 Å². The van der Waals surface area contributed by atoms with Gasteiger partial charge in [0.25, 0.3) is 0 Å². The normalized spacial score (nSPS) is 15.9. The van der Waals surface area contributed by atoms with Gasteiger partial charge in [-0.25, -0.2) is 0 Å². The zero-order chi connectivity index (χ0) is 14.2. The lowest BCUT2D eigenvalue weighted by Crippen LogP contribution is -2.36. The SMILES string of the molecule is CCN(CCOc1ccccc1CNC)C1CCCC1. The zero-order valence-electron chi connectivity index (χ0n) is 12.9. The van der Waals surface area contributed by atoms with Gasteiger partial charge in [-0.05, 0) is 32.5 Å². The van der Waals surface area contributed by atoms with Gasteiger partial charge in [0.1, 0.15) is 12.4 Å². The number of benzene rings is 1. The van der Waals surface area contributed by atoms with Gasteiger partial charge in [-0.1, -0.05) is 38.0 Å². The van der Waals surface area contributed by atoms with Crippen LogP contribution in [0.1, 0.15) is 38.2 Å². The van der Waals surface area contributed by atoms with Gasteiger partial charge < -0.3 is 10.1 Å². The fraction of sp³-hybridized carbons (Fsp3) is 0.647. The lowest BCUT2D eigenvalue weighted by atomic mass is 10.2. The number of likely N-dealkylation sites (N-methyl/N-ethyl adjacent to an activating group) is 1. The Hall–Kier alpha value is -1.06. The standard InChI is InChI=1S/C17H28N2O/c1-3-19(16-9-5-6-10-16)12-13-20-17-11-7-4-8-15(17)14-18-2/h4,7-8,11,16,18H,3,5-6,9-10,12-14H2,1-2H3. The first-order chi connectivity index (χ1) is 9.85. The molecule has 3 nitrogen and oxygen atoms in total. The first kappa shape index (κ1) is 15.3. The van der Waals surface area contributed by atoms with Gasteiger partial charge in [0.2, 0.25) is 0 Å². The molecule has 0 aromatic heterocycles. The number of ether oxygens (including phenoxy) is 1. The largest absolute Gasteiger partial charge is 0.492 e. The van der Waals surface area contributed by atoms with Crippen molar-refractivity contribution in [3.63, 3.8) is 0 Å². The predicted octanol–water partition coefficient (Wildman–Crippen LogP) is 3.05. The highest BCUT2D eigenvalue weighted by Gasteiger charge is 2.20. The Bertz CT molecular complexity index is 388. The molecule has 3 heteroatoms. The molecule has 1 fully saturated rings. The Morgan fingerprint density at radius 3 is 2.70 bits per heavy atom. The summed E-state index contributed by atoms with van der Waals surface area (Å²) in [6.07, 6.45) is 5.52. The van der Waals surface area contributed by atoms with Crippen LogP contribution in [0.4, 0.5) is 0 Å². The van der Waals surface area contributed by atoms with E-state index >= 15 is 0 Å². The van der Waals surface area contributed by atoms with Gasteiger partial charge in [0, 0.05) is 24.7 Å². The fourth-order valence-corrected chi connectivity index (χ4v) is 3.12. The van der Waals surface area contributed by atoms with Crippen LogP contribution in [0.25, 0.3) is 0 Å². The molecule has 0 saturated heterocycles. The number of hydrogen-bond acceptors (Lipinski definition) is 3. The molecule has 1 aromatic rings. The minimum Gasteiger partial charge on any atom is -0.492 e. The molecule has 1 N–H and O–H groups in total. The molecule has 0 heterocycles. The summed E-state index contributed by atoms with van der Waals surface area (Å²) in [6, 6.07) is 9.09. The molecule has 1 aromatic carbocycles. The zero-order valence-corrected chi connectivity index (χ0v) is 12.9. The molecule has 0 radical (unpaired) electrons. The highest BCUT2D eigenvalue weighted by Crippen LogP contribution is 2.23. The molecule has 0 atom stereocenters. The van der Waals surface area contributed by atoms with Gasteiger partial charge in [-0.2, -0.15) is 0 Å². The van der Waals surface area contributed by atoms with E-state index in [0.29, 0.717) is 0 Å². The van der Waals surface area contributed by atoms with E-state index in [-0.39, 0.29) is 0 Å². The highest BCUT2D eigenvalue weighted by molar-refractivity contribution is 5.33. The fourth-order valence-electron chi connectivity index (χ4n) is 3.12. The molecule has 1 saturated carbocycles. The minimum absolute atomic E-state index is 0.783. The van der Waals surface area contributed by atoms with Crippen molar-refractivity contribution in [2.45, 2.75) is 45.2 Å². The average Bonchev–Trinajstić information content (AvgIpc) is 2.99. The van der Waals surface area contributed by atoms with E-state index in [1.807, 2.05) is 13.1 Å². The number of nitrogens with one attached hydrogen (secondary N) is 1. The van der Waals surface area contributed by atoms with Crippen molar-refractivity contribution in [3.05, 3.63) is 29.8 Å². The van der Waals surface area contributed by atoms with Gasteiger partial charge in [0.05, 0.1) is 0 Å². The van der Waals surface area contributed by atoms with E-state index in [9.17, 15) is 0 Å². The van der Waals surface area contributed by atoms with E-state index in [4.69, 9.17) is 4.74 Å². The maximum atomic E-state index is 6.00. The summed E-state index contributed by atoms with van der Waals surface area (Å²) in [6.45, 7) is 6.07. The minimum atomic E-state index is 0.783. The number of rotatable bonds is 8. The summed E-state index contributed by atoms with van der Waals surface area (Å²) in [5, 5.41) is 3.19. The van der Waals surface area contributed by atoms with Crippen molar-refractivity contribution in [2.24, 2.45) is 0 Å². The summed E-state index contributed by atoms with van der Waals surface area (Å²) in [7, 11) is 1.97. The third kappa shape index (κ3) is 4.22. The van der Waals surface area contributed by atoms with Crippen molar-refractivity contribution < 1.29 is 4.74 Å². The van der Waals surface area contributed by atoms with Gasteiger partial charge >= 0.3 is 0 Å². The second-order valence-electron chi connectivity index (χ2n) is 5.55. The first-order valence-electron chi connectivity index (χ1n) is 7.94. The number of hydrogen-bond donors (Lipinski definition) is 1. The van der Waals surface area contributed by atoms with Crippen LogP contribution in [0.15, 0.2) is 24.3 Å². The van der Waals surface area contributed by atoms with Crippen LogP contribution in [0, 0.1) is 0 Å². The van der Waals surface area contributed by atoms with Crippen LogP contribution in [0.3, 0.4) is 0 Å². The molecule has 0 bridgehead atoms. The molecule has 2 rings (SSSR count). The van der Waals surface area contributed by atoms with Crippen LogP contribution >= 0.6 is 0 Å². The summed E-state index contributed by atoms with van der Waals surface area (Å²) in [4.78, 5) is 2.58. The van der Waals surface area contributed by atoms with Crippen LogP contribution < -0.4 is 10.1 Å². The molecule has 0 spiro atoms. The Balaban J connectivity index is 1.82. The average molecular weight is 276 g/mol. The van der Waals surface area contributed by atoms with Crippen molar-refractivity contribution >= 4 is 0 Å². The molecule has 1 aliphatic carbocycles. The molecule has 20 heavy (non-hydrogen) atoms. The highest BCUT2D eigenvalue weighted by atomic mass is 16.5. The molecule has 1 aliphatic rings. The van der Waals surface area contributed by atoms with Crippen molar-refractivity contribution in [2.75, 3.05) is 26.7 Å². The Labute approximate surface area is 123 Å². The quantitative estimate of drug-likeness (QED) is 0.790. The number of para-hydroxylation sites is 1. The third-order valence-electron chi connectivity index (χ3n) is 4.22. The van der Waals surface area contributed by atoms with Gasteiger partial charge in [-0.15, -0.1) is 0 Å². The molecule has 0 amide bonds.